The predicted octanol–water partition coefficient (Wildman–Crippen LogP) is 5.92. The molecule has 1 aliphatic carbocycles. The summed E-state index contributed by atoms with van der Waals surface area (Å²) >= 11 is 0. The summed E-state index contributed by atoms with van der Waals surface area (Å²) in [5.74, 6) is 0. The fourth-order valence-corrected chi connectivity index (χ4v) is 3.17. The smallest absolute Gasteiger partial charge is 0.0255 e. The average Bonchev–Trinajstić information content (AvgIpc) is 2.51. The van der Waals surface area contributed by atoms with Crippen molar-refractivity contribution in [1.82, 2.24) is 5.32 Å². The molecule has 21 heavy (non-hydrogen) atoms. The average molecular weight is 285 g/mol. The number of benzene rings is 1. The third-order valence-corrected chi connectivity index (χ3v) is 4.51. The lowest BCUT2D eigenvalue weighted by Gasteiger charge is -2.18. The Morgan fingerprint density at radius 3 is 1.81 bits per heavy atom. The molecule has 1 aliphatic rings. The van der Waals surface area contributed by atoms with E-state index >= 15 is 0 Å². The summed E-state index contributed by atoms with van der Waals surface area (Å²) in [6.45, 7) is 0. The lowest BCUT2D eigenvalue weighted by atomic mass is 9.98. The zero-order valence-electron chi connectivity index (χ0n) is 13.4. The topological polar surface area (TPSA) is 12.0 Å². The Hall–Kier alpha value is -1.24. The third kappa shape index (κ3) is 7.36. The summed E-state index contributed by atoms with van der Waals surface area (Å²) in [5.41, 5.74) is 1.28. The van der Waals surface area contributed by atoms with Gasteiger partial charge < -0.3 is 5.32 Å². The van der Waals surface area contributed by atoms with Crippen molar-refractivity contribution in [3.05, 3.63) is 42.1 Å². The third-order valence-electron chi connectivity index (χ3n) is 4.51. The lowest BCUT2D eigenvalue weighted by Crippen LogP contribution is -2.24. The largest absolute Gasteiger partial charge is 0.388 e. The summed E-state index contributed by atoms with van der Waals surface area (Å²) in [6.07, 6.45) is 19.9. The molecule has 2 rings (SSSR count). The van der Waals surface area contributed by atoms with E-state index in [9.17, 15) is 0 Å². The van der Waals surface area contributed by atoms with E-state index < -0.39 is 0 Å². The number of rotatable bonds is 3. The van der Waals surface area contributed by atoms with Gasteiger partial charge in [-0.2, -0.15) is 0 Å². The minimum Gasteiger partial charge on any atom is -0.388 e. The minimum atomic E-state index is 0.671. The molecule has 0 bridgehead atoms. The highest BCUT2D eigenvalue weighted by molar-refractivity contribution is 5.48. The van der Waals surface area contributed by atoms with Crippen LogP contribution in [0, 0.1) is 0 Å². The maximum absolute atomic E-state index is 3.64. The Kier molecular flexibility index (Phi) is 8.05. The maximum Gasteiger partial charge on any atom is 0.0255 e. The van der Waals surface area contributed by atoms with Crippen molar-refractivity contribution in [1.29, 1.82) is 0 Å². The van der Waals surface area contributed by atoms with Crippen LogP contribution in [0.1, 0.15) is 76.2 Å². The maximum atomic E-state index is 3.64. The number of hydrogen-bond donors (Lipinski definition) is 1. The van der Waals surface area contributed by atoms with Gasteiger partial charge in [-0.3, -0.25) is 0 Å². The van der Waals surface area contributed by atoms with Crippen molar-refractivity contribution in [2.24, 2.45) is 0 Å². The Bertz CT molecular complexity index is 370. The van der Waals surface area contributed by atoms with Crippen LogP contribution < -0.4 is 5.32 Å². The van der Waals surface area contributed by atoms with Crippen molar-refractivity contribution in [3.8, 4) is 0 Å². The summed E-state index contributed by atoms with van der Waals surface area (Å²) in [5, 5.41) is 3.64. The molecule has 1 heteroatoms. The monoisotopic (exact) mass is 285 g/mol. The van der Waals surface area contributed by atoms with Crippen LogP contribution in [0.25, 0.3) is 6.08 Å². The van der Waals surface area contributed by atoms with Gasteiger partial charge in [0.05, 0.1) is 0 Å². The van der Waals surface area contributed by atoms with Gasteiger partial charge in [0.1, 0.15) is 0 Å². The van der Waals surface area contributed by atoms with Crippen LogP contribution in [0.4, 0.5) is 0 Å². The molecule has 0 radical (unpaired) electrons. The Morgan fingerprint density at radius 2 is 1.24 bits per heavy atom. The van der Waals surface area contributed by atoms with Crippen LogP contribution in [-0.2, 0) is 0 Å². The highest BCUT2D eigenvalue weighted by atomic mass is 14.9. The summed E-state index contributed by atoms with van der Waals surface area (Å²) in [7, 11) is 0. The van der Waals surface area contributed by atoms with E-state index in [0.29, 0.717) is 6.04 Å². The summed E-state index contributed by atoms with van der Waals surface area (Å²) < 4.78 is 0. The van der Waals surface area contributed by atoms with Gasteiger partial charge in [-0.15, -0.1) is 0 Å². The van der Waals surface area contributed by atoms with Crippen molar-refractivity contribution in [3.63, 3.8) is 0 Å². The standard InChI is InChI=1S/C20H31N/c1-2-4-6-11-15-20(16-12-7-5-3-1)21-18-17-19-13-9-8-10-14-19/h8-10,13-14,17-18,20-21H,1-7,11-12,15-16H2. The Morgan fingerprint density at radius 1 is 0.714 bits per heavy atom. The molecule has 1 saturated carbocycles. The van der Waals surface area contributed by atoms with Gasteiger partial charge in [0.2, 0.25) is 0 Å². The molecule has 1 nitrogen and oxygen atoms in total. The van der Waals surface area contributed by atoms with Crippen molar-refractivity contribution >= 4 is 6.08 Å². The molecule has 0 heterocycles. The first-order chi connectivity index (χ1) is 10.4. The van der Waals surface area contributed by atoms with Crippen LogP contribution in [0.2, 0.25) is 0 Å². The zero-order chi connectivity index (χ0) is 14.6. The van der Waals surface area contributed by atoms with Gasteiger partial charge in [-0.05, 0) is 30.7 Å². The first kappa shape index (κ1) is 16.1. The van der Waals surface area contributed by atoms with Crippen LogP contribution in [0.3, 0.4) is 0 Å². The van der Waals surface area contributed by atoms with Crippen LogP contribution >= 0.6 is 0 Å². The van der Waals surface area contributed by atoms with Crippen LogP contribution in [0.15, 0.2) is 36.5 Å². The zero-order valence-corrected chi connectivity index (χ0v) is 13.4. The van der Waals surface area contributed by atoms with E-state index in [1.165, 1.54) is 76.2 Å². The van der Waals surface area contributed by atoms with Crippen LogP contribution in [0.5, 0.6) is 0 Å². The molecule has 1 N–H and O–H groups in total. The Balaban J connectivity index is 1.76. The minimum absolute atomic E-state index is 0.671. The summed E-state index contributed by atoms with van der Waals surface area (Å²) in [6, 6.07) is 11.2. The summed E-state index contributed by atoms with van der Waals surface area (Å²) in [4.78, 5) is 0. The molecule has 1 aromatic rings. The molecule has 0 saturated heterocycles. The molecule has 0 unspecified atom stereocenters. The van der Waals surface area contributed by atoms with Gasteiger partial charge in [-0.1, -0.05) is 88.1 Å². The van der Waals surface area contributed by atoms with Gasteiger partial charge in [0.25, 0.3) is 0 Å². The van der Waals surface area contributed by atoms with Crippen molar-refractivity contribution in [2.75, 3.05) is 0 Å². The van der Waals surface area contributed by atoms with E-state index in [4.69, 9.17) is 0 Å². The number of hydrogen-bond acceptors (Lipinski definition) is 1. The van der Waals surface area contributed by atoms with Crippen molar-refractivity contribution < 1.29 is 0 Å². The molecular formula is C20H31N. The fraction of sp³-hybridized carbons (Fsp3) is 0.600. The molecule has 0 atom stereocenters. The molecule has 0 aromatic heterocycles. The molecule has 1 aromatic carbocycles. The molecule has 0 amide bonds. The van der Waals surface area contributed by atoms with Crippen molar-refractivity contribution in [2.45, 2.75) is 76.7 Å². The highest BCUT2D eigenvalue weighted by Gasteiger charge is 2.07. The van der Waals surface area contributed by atoms with Crippen LogP contribution in [-0.4, -0.2) is 6.04 Å². The molecule has 0 spiro atoms. The molecule has 0 aliphatic heterocycles. The second-order valence-corrected chi connectivity index (χ2v) is 6.37. The lowest BCUT2D eigenvalue weighted by molar-refractivity contribution is 0.435. The second-order valence-electron chi connectivity index (χ2n) is 6.37. The van der Waals surface area contributed by atoms with E-state index in [1.54, 1.807) is 0 Å². The van der Waals surface area contributed by atoms with Gasteiger partial charge in [-0.25, -0.2) is 0 Å². The fourth-order valence-electron chi connectivity index (χ4n) is 3.17. The van der Waals surface area contributed by atoms with E-state index in [0.717, 1.165) is 0 Å². The van der Waals surface area contributed by atoms with E-state index in [-0.39, 0.29) is 0 Å². The molecular weight excluding hydrogens is 254 g/mol. The molecule has 1 fully saturated rings. The first-order valence-electron chi connectivity index (χ1n) is 8.93. The van der Waals surface area contributed by atoms with E-state index in [2.05, 4.69) is 47.9 Å². The van der Waals surface area contributed by atoms with E-state index in [1.807, 2.05) is 0 Å². The van der Waals surface area contributed by atoms with Gasteiger partial charge in [0.15, 0.2) is 0 Å². The highest BCUT2D eigenvalue weighted by Crippen LogP contribution is 2.17. The normalized spacial score (nSPS) is 19.8. The van der Waals surface area contributed by atoms with Gasteiger partial charge in [0, 0.05) is 6.04 Å². The van der Waals surface area contributed by atoms with Gasteiger partial charge >= 0.3 is 0 Å². The quantitative estimate of drug-likeness (QED) is 0.726. The Labute approximate surface area is 130 Å². The SMILES string of the molecule is C(=Cc1ccccc1)NC1CCCCCCCCCCC1. The first-order valence-corrected chi connectivity index (χ1v) is 8.93. The molecule has 116 valence electrons. The second kappa shape index (κ2) is 10.5. The predicted molar refractivity (Wildman–Crippen MR) is 93.2 cm³/mol. The number of nitrogens with one attached hydrogen (secondary N) is 1.